The number of rotatable bonds is 4. The highest BCUT2D eigenvalue weighted by molar-refractivity contribution is 5.93. The predicted molar refractivity (Wildman–Crippen MR) is 81.9 cm³/mol. The van der Waals surface area contributed by atoms with Gasteiger partial charge in [-0.2, -0.15) is 0 Å². The maximum atomic E-state index is 13.8. The molecule has 1 fully saturated rings. The molecule has 9 heteroatoms. The molecule has 1 aromatic heterocycles. The molecular weight excluding hydrogens is 334 g/mol. The minimum absolute atomic E-state index is 0.00990. The lowest BCUT2D eigenvalue weighted by Crippen LogP contribution is -2.30. The van der Waals surface area contributed by atoms with E-state index in [2.05, 4.69) is 10.3 Å². The van der Waals surface area contributed by atoms with Gasteiger partial charge in [0.2, 0.25) is 0 Å². The van der Waals surface area contributed by atoms with Crippen LogP contribution >= 0.6 is 0 Å². The second-order valence-corrected chi connectivity index (χ2v) is 5.99. The molecule has 7 nitrogen and oxygen atoms in total. The first kappa shape index (κ1) is 17.0. The molecule has 1 aliphatic heterocycles. The van der Waals surface area contributed by atoms with E-state index in [1.807, 2.05) is 0 Å². The predicted octanol–water partition coefficient (Wildman–Crippen LogP) is 1.46. The van der Waals surface area contributed by atoms with Crippen LogP contribution in [0.5, 0.6) is 0 Å². The van der Waals surface area contributed by atoms with Gasteiger partial charge >= 0.3 is 5.97 Å². The molecule has 3 rings (SSSR count). The van der Waals surface area contributed by atoms with E-state index < -0.39 is 29.4 Å². The van der Waals surface area contributed by atoms with Crippen LogP contribution in [0.2, 0.25) is 0 Å². The first-order valence-corrected chi connectivity index (χ1v) is 7.73. The van der Waals surface area contributed by atoms with Crippen molar-refractivity contribution < 1.29 is 23.5 Å². The van der Waals surface area contributed by atoms with Crippen LogP contribution in [-0.4, -0.2) is 50.0 Å². The zero-order valence-electron chi connectivity index (χ0n) is 13.4. The molecule has 2 aromatic rings. The minimum atomic E-state index is -0.928. The normalized spacial score (nSPS) is 17.1. The first-order valence-electron chi connectivity index (χ1n) is 7.73. The van der Waals surface area contributed by atoms with E-state index in [9.17, 15) is 18.4 Å². The van der Waals surface area contributed by atoms with Crippen molar-refractivity contribution in [1.82, 2.24) is 19.9 Å². The van der Waals surface area contributed by atoms with Gasteiger partial charge < -0.3 is 10.0 Å². The fraction of sp³-hybridized carbons (Fsp3) is 0.375. The summed E-state index contributed by atoms with van der Waals surface area (Å²) >= 11 is 0. The van der Waals surface area contributed by atoms with E-state index in [0.29, 0.717) is 18.7 Å². The van der Waals surface area contributed by atoms with Crippen molar-refractivity contribution >= 4 is 11.9 Å². The fourth-order valence-corrected chi connectivity index (χ4v) is 2.82. The number of halogens is 2. The summed E-state index contributed by atoms with van der Waals surface area (Å²) in [6, 6.07) is 3.24. The molecule has 0 saturated carbocycles. The summed E-state index contributed by atoms with van der Waals surface area (Å²) in [5, 5.41) is 16.7. The maximum Gasteiger partial charge on any atom is 0.308 e. The molecular formula is C16H16F2N4O3. The van der Waals surface area contributed by atoms with Gasteiger partial charge in [-0.1, -0.05) is 11.3 Å². The Labute approximate surface area is 141 Å². The Balaban J connectivity index is 1.77. The van der Waals surface area contributed by atoms with Gasteiger partial charge in [0.25, 0.3) is 5.91 Å². The molecule has 1 amide bonds. The molecule has 25 heavy (non-hydrogen) atoms. The van der Waals surface area contributed by atoms with Crippen LogP contribution < -0.4 is 0 Å². The third-order valence-electron chi connectivity index (χ3n) is 4.35. The van der Waals surface area contributed by atoms with Crippen LogP contribution in [0.15, 0.2) is 18.2 Å². The van der Waals surface area contributed by atoms with E-state index in [4.69, 9.17) is 5.11 Å². The van der Waals surface area contributed by atoms with Gasteiger partial charge in [-0.05, 0) is 19.4 Å². The van der Waals surface area contributed by atoms with Gasteiger partial charge in [-0.25, -0.2) is 13.5 Å². The van der Waals surface area contributed by atoms with Gasteiger partial charge in [0.1, 0.15) is 11.6 Å². The number of benzene rings is 1. The summed E-state index contributed by atoms with van der Waals surface area (Å²) in [5.74, 6) is -3.27. The van der Waals surface area contributed by atoms with Crippen molar-refractivity contribution in [3.63, 3.8) is 0 Å². The molecule has 2 heterocycles. The smallest absolute Gasteiger partial charge is 0.308 e. The van der Waals surface area contributed by atoms with E-state index in [0.717, 1.165) is 12.1 Å². The Kier molecular flexibility index (Phi) is 4.47. The van der Waals surface area contributed by atoms with Gasteiger partial charge in [-0.15, -0.1) is 5.10 Å². The van der Waals surface area contributed by atoms with E-state index >= 15 is 0 Å². The Morgan fingerprint density at radius 3 is 2.76 bits per heavy atom. The third-order valence-corrected chi connectivity index (χ3v) is 4.35. The number of carboxylic acid groups (broad SMARTS) is 1. The second-order valence-electron chi connectivity index (χ2n) is 5.99. The van der Waals surface area contributed by atoms with Gasteiger partial charge in [0.15, 0.2) is 5.69 Å². The highest BCUT2D eigenvalue weighted by Crippen LogP contribution is 2.20. The lowest BCUT2D eigenvalue weighted by molar-refractivity contribution is -0.141. The number of likely N-dealkylation sites (tertiary alicyclic amines) is 1. The molecule has 1 aromatic carbocycles. The molecule has 0 aliphatic carbocycles. The average Bonchev–Trinajstić information content (AvgIpc) is 3.17. The van der Waals surface area contributed by atoms with Crippen LogP contribution in [0, 0.1) is 24.5 Å². The Bertz CT molecular complexity index is 837. The molecule has 0 bridgehead atoms. The topological polar surface area (TPSA) is 88.3 Å². The Morgan fingerprint density at radius 2 is 2.12 bits per heavy atom. The molecule has 0 spiro atoms. The number of hydrogen-bond acceptors (Lipinski definition) is 4. The van der Waals surface area contributed by atoms with Gasteiger partial charge in [-0.3, -0.25) is 9.59 Å². The number of carboxylic acids is 1. The highest BCUT2D eigenvalue weighted by atomic mass is 19.1. The van der Waals surface area contributed by atoms with Crippen molar-refractivity contribution in [3.8, 4) is 0 Å². The van der Waals surface area contributed by atoms with Crippen molar-refractivity contribution in [1.29, 1.82) is 0 Å². The van der Waals surface area contributed by atoms with Gasteiger partial charge in [0.05, 0.1) is 18.2 Å². The maximum absolute atomic E-state index is 13.8. The Hall–Kier alpha value is -2.84. The quantitative estimate of drug-likeness (QED) is 0.902. The molecule has 1 atom stereocenters. The standard InChI is InChI=1S/C16H16F2N4O3/c1-9-14(15(23)21-5-4-11(7-21)16(24)25)19-20-22(9)8-10-2-3-12(17)6-13(10)18/h2-3,6,11H,4-5,7-8H2,1H3,(H,24,25). The van der Waals surface area contributed by atoms with Crippen LogP contribution in [0.4, 0.5) is 8.78 Å². The largest absolute Gasteiger partial charge is 0.481 e. The second kappa shape index (κ2) is 6.58. The van der Waals surface area contributed by atoms with Crippen LogP contribution in [-0.2, 0) is 11.3 Å². The monoisotopic (exact) mass is 350 g/mol. The summed E-state index contributed by atoms with van der Waals surface area (Å²) in [7, 11) is 0. The third kappa shape index (κ3) is 3.35. The highest BCUT2D eigenvalue weighted by Gasteiger charge is 2.33. The number of aromatic nitrogens is 3. The zero-order chi connectivity index (χ0) is 18.1. The first-order chi connectivity index (χ1) is 11.9. The van der Waals surface area contributed by atoms with Crippen molar-refractivity contribution in [2.45, 2.75) is 19.9 Å². The summed E-state index contributed by atoms with van der Waals surface area (Å²) in [4.78, 5) is 24.9. The number of carbonyl (C=O) groups excluding carboxylic acids is 1. The molecule has 132 valence electrons. The zero-order valence-corrected chi connectivity index (χ0v) is 13.4. The number of carbonyl (C=O) groups is 2. The molecule has 1 N–H and O–H groups in total. The summed E-state index contributed by atoms with van der Waals surface area (Å²) in [6.07, 6.45) is 0.398. The SMILES string of the molecule is Cc1c(C(=O)N2CCC(C(=O)O)C2)nnn1Cc1ccc(F)cc1F. The minimum Gasteiger partial charge on any atom is -0.481 e. The number of aliphatic carboxylic acids is 1. The molecule has 1 aliphatic rings. The Morgan fingerprint density at radius 1 is 1.36 bits per heavy atom. The number of amides is 1. The van der Waals surface area contributed by atoms with E-state index in [-0.39, 0.29) is 24.3 Å². The van der Waals surface area contributed by atoms with E-state index in [1.54, 1.807) is 6.92 Å². The fourth-order valence-electron chi connectivity index (χ4n) is 2.82. The van der Waals surface area contributed by atoms with Crippen molar-refractivity contribution in [2.75, 3.05) is 13.1 Å². The number of hydrogen-bond donors (Lipinski definition) is 1. The lowest BCUT2D eigenvalue weighted by atomic mass is 10.1. The average molecular weight is 350 g/mol. The molecule has 1 unspecified atom stereocenters. The molecule has 1 saturated heterocycles. The summed E-state index contributed by atoms with van der Waals surface area (Å²) in [6.45, 7) is 2.11. The van der Waals surface area contributed by atoms with Crippen LogP contribution in [0.3, 0.4) is 0 Å². The lowest BCUT2D eigenvalue weighted by Gasteiger charge is -2.14. The molecule has 0 radical (unpaired) electrons. The summed E-state index contributed by atoms with van der Waals surface area (Å²) < 4.78 is 28.1. The van der Waals surface area contributed by atoms with Gasteiger partial charge in [0, 0.05) is 24.7 Å². The van der Waals surface area contributed by atoms with Crippen molar-refractivity contribution in [2.24, 2.45) is 5.92 Å². The summed E-state index contributed by atoms with van der Waals surface area (Å²) in [5.41, 5.74) is 0.765. The number of nitrogens with zero attached hydrogens (tertiary/aromatic N) is 4. The van der Waals surface area contributed by atoms with Crippen molar-refractivity contribution in [3.05, 3.63) is 46.8 Å². The van der Waals surface area contributed by atoms with Crippen LogP contribution in [0.25, 0.3) is 0 Å². The van der Waals surface area contributed by atoms with E-state index in [1.165, 1.54) is 15.6 Å². The van der Waals surface area contributed by atoms with Crippen LogP contribution in [0.1, 0.15) is 28.2 Å².